The monoisotopic (exact) mass is 747 g/mol. The van der Waals surface area contributed by atoms with Crippen LogP contribution in [0.1, 0.15) is 90.5 Å². The molecule has 1 saturated heterocycles. The van der Waals surface area contributed by atoms with E-state index >= 15 is 0 Å². The molecule has 2 atom stereocenters. The van der Waals surface area contributed by atoms with Crippen LogP contribution in [0, 0.1) is 13.8 Å². The van der Waals surface area contributed by atoms with Crippen molar-refractivity contribution >= 4 is 33.9 Å². The molecule has 1 unspecified atom stereocenters. The number of benzene rings is 2. The van der Waals surface area contributed by atoms with Crippen LogP contribution in [-0.4, -0.2) is 80.8 Å². The lowest BCUT2D eigenvalue weighted by Gasteiger charge is -2.27. The van der Waals surface area contributed by atoms with Crippen molar-refractivity contribution in [1.82, 2.24) is 42.7 Å². The summed E-state index contributed by atoms with van der Waals surface area (Å²) >= 11 is 0. The first-order valence-electron chi connectivity index (χ1n) is 19.4. The van der Waals surface area contributed by atoms with Crippen molar-refractivity contribution in [3.63, 3.8) is 0 Å². The maximum atomic E-state index is 13.9. The topological polar surface area (TPSA) is 127 Å². The van der Waals surface area contributed by atoms with Crippen LogP contribution in [0.25, 0.3) is 22.1 Å². The van der Waals surface area contributed by atoms with Gasteiger partial charge in [0, 0.05) is 58.9 Å². The highest BCUT2D eigenvalue weighted by atomic mass is 16.5. The van der Waals surface area contributed by atoms with Gasteiger partial charge < -0.3 is 23.0 Å². The van der Waals surface area contributed by atoms with E-state index in [0.717, 1.165) is 65.9 Å². The molecule has 14 heteroatoms. The Labute approximate surface area is 321 Å². The zero-order chi connectivity index (χ0) is 39.0. The lowest BCUT2D eigenvalue weighted by atomic mass is 10.1. The van der Waals surface area contributed by atoms with Gasteiger partial charge in [-0.2, -0.15) is 20.2 Å². The van der Waals surface area contributed by atoms with Crippen molar-refractivity contribution in [1.29, 1.82) is 0 Å². The van der Waals surface area contributed by atoms with Gasteiger partial charge in [0.05, 0.1) is 46.7 Å². The number of amides is 2. The van der Waals surface area contributed by atoms with Gasteiger partial charge in [-0.1, -0.05) is 24.3 Å². The number of carbonyl (C=O) groups is 2. The van der Waals surface area contributed by atoms with Crippen LogP contribution < -0.4 is 11.2 Å². The maximum Gasteiger partial charge on any atom is 0.298 e. The van der Waals surface area contributed by atoms with Gasteiger partial charge in [0.25, 0.3) is 11.8 Å². The minimum atomic E-state index is -0.322. The molecule has 2 amide bonds. The van der Waals surface area contributed by atoms with Crippen LogP contribution in [0.4, 0.5) is 0 Å². The minimum absolute atomic E-state index is 0.0229. The number of morpholine rings is 1. The number of carbonyl (C=O) groups excluding carboxylic acids is 2. The molecule has 290 valence electrons. The molecule has 55 heavy (non-hydrogen) atoms. The number of hydrogen-bond donors (Lipinski definition) is 0. The Morgan fingerprint density at radius 1 is 0.727 bits per heavy atom. The fourth-order valence-corrected chi connectivity index (χ4v) is 8.02. The Morgan fingerprint density at radius 3 is 1.82 bits per heavy atom. The van der Waals surface area contributed by atoms with Crippen LogP contribution in [0.3, 0.4) is 0 Å². The van der Waals surface area contributed by atoms with E-state index in [4.69, 9.17) is 14.7 Å². The third-order valence-corrected chi connectivity index (χ3v) is 10.9. The third kappa shape index (κ3) is 7.28. The molecule has 4 aromatic heterocycles. The first-order chi connectivity index (χ1) is 26.5. The number of fused-ring (bicyclic) bond motifs is 2. The summed E-state index contributed by atoms with van der Waals surface area (Å²) in [6.07, 6.45) is 1.54. The second kappa shape index (κ2) is 15.8. The summed E-state index contributed by atoms with van der Waals surface area (Å²) in [4.78, 5) is 39.7. The zero-order valence-electron chi connectivity index (χ0n) is 33.4. The highest BCUT2D eigenvalue weighted by Crippen LogP contribution is 2.28. The number of para-hydroxylation sites is 3. The highest BCUT2D eigenvalue weighted by Gasteiger charge is 2.24. The van der Waals surface area contributed by atoms with E-state index in [2.05, 4.69) is 68.4 Å². The number of hydrogen-bond acceptors (Lipinski definition) is 6. The molecule has 7 rings (SSSR count). The fourth-order valence-electron chi connectivity index (χ4n) is 8.02. The smallest absolute Gasteiger partial charge is 0.298 e. The second-order valence-electron chi connectivity index (χ2n) is 14.7. The number of aromatic nitrogens is 8. The zero-order valence-corrected chi connectivity index (χ0v) is 33.4. The van der Waals surface area contributed by atoms with Gasteiger partial charge >= 0.3 is 0 Å². The normalized spacial score (nSPS) is 15.8. The van der Waals surface area contributed by atoms with E-state index in [1.165, 1.54) is 5.56 Å². The first-order valence-corrected chi connectivity index (χ1v) is 19.4. The second-order valence-corrected chi connectivity index (χ2v) is 14.7. The Hall–Kier alpha value is -5.34. The molecular weight excluding hydrogens is 695 g/mol. The number of aryl methyl sites for hydroxylation is 6. The molecule has 1 aliphatic rings. The Balaban J connectivity index is 1.30. The van der Waals surface area contributed by atoms with E-state index in [9.17, 15) is 9.59 Å². The van der Waals surface area contributed by atoms with Crippen molar-refractivity contribution in [3.05, 3.63) is 94.2 Å². The van der Waals surface area contributed by atoms with Crippen LogP contribution in [0.2, 0.25) is 0 Å². The number of ether oxygens (including phenoxy) is 1. The molecule has 6 aromatic rings. The Morgan fingerprint density at radius 2 is 1.24 bits per heavy atom. The molecule has 14 nitrogen and oxygen atoms in total. The van der Waals surface area contributed by atoms with E-state index < -0.39 is 0 Å². The van der Waals surface area contributed by atoms with E-state index in [1.807, 2.05) is 69.1 Å². The van der Waals surface area contributed by atoms with Gasteiger partial charge in [0.1, 0.15) is 11.4 Å². The van der Waals surface area contributed by atoms with Gasteiger partial charge in [-0.05, 0) is 90.3 Å². The predicted molar refractivity (Wildman–Crippen MR) is 212 cm³/mol. The SMILES string of the molecule is CCn1nc(C)cc1C(=O)/N=c1\n(C)c2cccc(CN3CCOCC3)c2n1C(C)CC[C@H](C)n1/c(=N/C(=O)c2cc(C)nn2CC)n(C)c2ccccc21. The Kier molecular flexibility index (Phi) is 10.9. The Bertz CT molecular complexity index is 2510. The van der Waals surface area contributed by atoms with Gasteiger partial charge in [0.15, 0.2) is 0 Å². The van der Waals surface area contributed by atoms with Crippen molar-refractivity contribution in [2.24, 2.45) is 24.1 Å². The summed E-state index contributed by atoms with van der Waals surface area (Å²) < 4.78 is 17.6. The third-order valence-electron chi connectivity index (χ3n) is 10.9. The average Bonchev–Trinajstić information content (AvgIpc) is 3.92. The van der Waals surface area contributed by atoms with E-state index in [1.54, 1.807) is 15.4 Å². The number of imidazole rings is 2. The largest absolute Gasteiger partial charge is 0.379 e. The van der Waals surface area contributed by atoms with Crippen LogP contribution in [0.15, 0.2) is 64.6 Å². The molecule has 1 aliphatic heterocycles. The highest BCUT2D eigenvalue weighted by molar-refractivity contribution is 5.94. The molecule has 0 bridgehead atoms. The van der Waals surface area contributed by atoms with Gasteiger partial charge in [-0.3, -0.25) is 23.9 Å². The summed E-state index contributed by atoms with van der Waals surface area (Å²) in [6, 6.07) is 18.1. The molecule has 0 saturated carbocycles. The molecule has 0 aliphatic carbocycles. The maximum absolute atomic E-state index is 13.9. The lowest BCUT2D eigenvalue weighted by Crippen LogP contribution is -2.36. The van der Waals surface area contributed by atoms with Gasteiger partial charge in [-0.15, -0.1) is 0 Å². The fraction of sp³-hybridized carbons (Fsp3) is 0.463. The van der Waals surface area contributed by atoms with Crippen molar-refractivity contribution in [3.8, 4) is 0 Å². The quantitative estimate of drug-likeness (QED) is 0.179. The van der Waals surface area contributed by atoms with E-state index in [0.29, 0.717) is 48.9 Å². The number of rotatable bonds is 11. The van der Waals surface area contributed by atoms with Crippen LogP contribution >= 0.6 is 0 Å². The van der Waals surface area contributed by atoms with Crippen LogP contribution in [-0.2, 0) is 38.5 Å². The summed E-state index contributed by atoms with van der Waals surface area (Å²) in [5, 5.41) is 9.00. The van der Waals surface area contributed by atoms with Crippen molar-refractivity contribution in [2.45, 2.75) is 86.1 Å². The molecule has 2 aromatic carbocycles. The molecule has 1 fully saturated rings. The van der Waals surface area contributed by atoms with Crippen molar-refractivity contribution in [2.75, 3.05) is 26.3 Å². The van der Waals surface area contributed by atoms with Gasteiger partial charge in [-0.25, -0.2) is 0 Å². The summed E-state index contributed by atoms with van der Waals surface area (Å²) in [5.41, 5.74) is 8.97. The molecule has 0 spiro atoms. The number of nitrogens with zero attached hydrogens (tertiary/aromatic N) is 11. The minimum Gasteiger partial charge on any atom is -0.379 e. The van der Waals surface area contributed by atoms with Gasteiger partial charge in [0.2, 0.25) is 11.2 Å². The first kappa shape index (κ1) is 38.0. The predicted octanol–water partition coefficient (Wildman–Crippen LogP) is 5.24. The van der Waals surface area contributed by atoms with E-state index in [-0.39, 0.29) is 23.9 Å². The molecule has 0 radical (unpaired) electrons. The lowest BCUT2D eigenvalue weighted by molar-refractivity contribution is 0.0343. The summed E-state index contributed by atoms with van der Waals surface area (Å²) in [6.45, 7) is 17.2. The summed E-state index contributed by atoms with van der Waals surface area (Å²) in [5.74, 6) is -0.642. The molecule has 5 heterocycles. The summed E-state index contributed by atoms with van der Waals surface area (Å²) in [7, 11) is 3.95. The van der Waals surface area contributed by atoms with Crippen molar-refractivity contribution < 1.29 is 14.3 Å². The van der Waals surface area contributed by atoms with Crippen LogP contribution in [0.5, 0.6) is 0 Å². The average molecular weight is 748 g/mol. The molecular formula is C41H53N11O3. The molecule has 0 N–H and O–H groups in total. The standard InChI is InChI=1S/C41H53N11O3/c1-9-49-35(24-27(3)44-49)38(53)42-40-46(7)32-15-11-12-16-33(32)51(40)29(5)18-19-30(6)52-37-31(26-48-20-22-55-23-21-48)14-13-17-34(37)47(8)41(52)43-39(54)36-25-28(4)45-50(36)10-2/h11-17,24-25,29-30H,9-10,18-23,26H2,1-8H3/b42-40+,43-41+/t29-,30?/m0/s1.